The van der Waals surface area contributed by atoms with E-state index in [1.54, 1.807) is 13.8 Å². The third-order valence-electron chi connectivity index (χ3n) is 4.02. The van der Waals surface area contributed by atoms with Crippen molar-refractivity contribution in [2.75, 3.05) is 5.32 Å². The van der Waals surface area contributed by atoms with Crippen molar-refractivity contribution in [2.24, 2.45) is 0 Å². The maximum absolute atomic E-state index is 12.2. The molecular weight excluding hydrogens is 353 g/mol. The molecule has 26 heavy (non-hydrogen) atoms. The average molecular weight is 370 g/mol. The van der Waals surface area contributed by atoms with Crippen molar-refractivity contribution in [3.63, 3.8) is 0 Å². The first-order chi connectivity index (χ1) is 12.0. The molecule has 0 bridgehead atoms. The number of phenolic OH excluding ortho intramolecular Hbond substituents is 1. The summed E-state index contributed by atoms with van der Waals surface area (Å²) in [5.74, 6) is -0.683. The van der Waals surface area contributed by atoms with E-state index < -0.39 is 23.5 Å². The van der Waals surface area contributed by atoms with E-state index in [-0.39, 0.29) is 23.2 Å². The normalized spacial score (nSPS) is 22.6. The molecule has 1 heterocycles. The number of aromatic hydroxyl groups is 1. The summed E-state index contributed by atoms with van der Waals surface area (Å²) in [6, 6.07) is 3.23. The van der Waals surface area contributed by atoms with Crippen LogP contribution >= 0.6 is 0 Å². The van der Waals surface area contributed by atoms with Gasteiger partial charge in [0.2, 0.25) is 5.95 Å². The maximum atomic E-state index is 12.2. The number of rotatable bonds is 4. The second kappa shape index (κ2) is 6.27. The Balaban J connectivity index is 1.77. The van der Waals surface area contributed by atoms with Gasteiger partial charge in [-0.15, -0.1) is 23.4 Å². The lowest BCUT2D eigenvalue weighted by Crippen LogP contribution is -2.48. The van der Waals surface area contributed by atoms with E-state index in [0.717, 1.165) is 12.1 Å². The number of aromatic nitrogens is 3. The zero-order valence-electron chi connectivity index (χ0n) is 14.0. The number of nitrogens with zero attached hydrogens (tertiary/aromatic N) is 3. The molecular formula is C16H17F3N4O3. The van der Waals surface area contributed by atoms with Crippen molar-refractivity contribution in [3.8, 4) is 22.8 Å². The van der Waals surface area contributed by atoms with Crippen LogP contribution in [0.3, 0.4) is 0 Å². The fourth-order valence-corrected chi connectivity index (χ4v) is 2.91. The van der Waals surface area contributed by atoms with Crippen LogP contribution in [0.1, 0.15) is 25.5 Å². The molecule has 0 aliphatic heterocycles. The zero-order valence-corrected chi connectivity index (χ0v) is 14.0. The highest BCUT2D eigenvalue weighted by atomic mass is 19.4. The molecule has 1 fully saturated rings. The second-order valence-electron chi connectivity index (χ2n) is 6.54. The van der Waals surface area contributed by atoms with Gasteiger partial charge in [0.15, 0.2) is 0 Å². The van der Waals surface area contributed by atoms with Crippen LogP contribution < -0.4 is 10.1 Å². The molecule has 10 heteroatoms. The van der Waals surface area contributed by atoms with Gasteiger partial charge in [-0.2, -0.15) is 0 Å². The molecule has 0 unspecified atom stereocenters. The van der Waals surface area contributed by atoms with Crippen LogP contribution in [0.5, 0.6) is 11.5 Å². The van der Waals surface area contributed by atoms with E-state index in [0.29, 0.717) is 18.5 Å². The van der Waals surface area contributed by atoms with Crippen LogP contribution in [0.25, 0.3) is 11.3 Å². The molecule has 1 aromatic carbocycles. The van der Waals surface area contributed by atoms with Crippen molar-refractivity contribution < 1.29 is 28.1 Å². The van der Waals surface area contributed by atoms with Gasteiger partial charge in [0.05, 0.1) is 11.3 Å². The quantitative estimate of drug-likeness (QED) is 0.761. The fraction of sp³-hybridized carbons (Fsp3) is 0.438. The molecule has 2 aromatic rings. The highest BCUT2D eigenvalue weighted by Gasteiger charge is 2.38. The number of aryl methyl sites for hydroxylation is 1. The maximum Gasteiger partial charge on any atom is 0.573 e. The van der Waals surface area contributed by atoms with Crippen molar-refractivity contribution in [1.29, 1.82) is 0 Å². The highest BCUT2D eigenvalue weighted by Crippen LogP contribution is 2.35. The molecule has 1 aromatic heterocycles. The van der Waals surface area contributed by atoms with Crippen LogP contribution in [0.2, 0.25) is 0 Å². The van der Waals surface area contributed by atoms with Gasteiger partial charge in [-0.25, -0.2) is 4.98 Å². The zero-order chi connectivity index (χ0) is 19.1. The number of benzene rings is 1. The third kappa shape index (κ3) is 4.13. The first-order valence-electron chi connectivity index (χ1n) is 7.82. The van der Waals surface area contributed by atoms with E-state index >= 15 is 0 Å². The number of aliphatic hydroxyl groups is 1. The number of alkyl halides is 3. The van der Waals surface area contributed by atoms with E-state index in [1.807, 2.05) is 0 Å². The minimum atomic E-state index is -4.84. The predicted molar refractivity (Wildman–Crippen MR) is 85.6 cm³/mol. The number of phenols is 1. The molecule has 0 amide bonds. The monoisotopic (exact) mass is 370 g/mol. The van der Waals surface area contributed by atoms with Gasteiger partial charge in [-0.3, -0.25) is 0 Å². The summed E-state index contributed by atoms with van der Waals surface area (Å²) < 4.78 is 40.5. The summed E-state index contributed by atoms with van der Waals surface area (Å²) >= 11 is 0. The van der Waals surface area contributed by atoms with Crippen LogP contribution in [0.4, 0.5) is 19.1 Å². The Morgan fingerprint density at radius 2 is 1.96 bits per heavy atom. The molecule has 1 aliphatic rings. The number of hydrogen-bond acceptors (Lipinski definition) is 7. The summed E-state index contributed by atoms with van der Waals surface area (Å²) in [5.41, 5.74) is 0.183. The van der Waals surface area contributed by atoms with Crippen molar-refractivity contribution >= 4 is 5.95 Å². The molecule has 7 nitrogen and oxygen atoms in total. The number of hydrogen-bond donors (Lipinski definition) is 3. The summed E-state index contributed by atoms with van der Waals surface area (Å²) in [6.07, 6.45) is -3.71. The Labute approximate surface area is 146 Å². The van der Waals surface area contributed by atoms with Gasteiger partial charge in [-0.05, 0) is 38.8 Å². The smallest absolute Gasteiger partial charge is 0.507 e. The number of ether oxygens (including phenoxy) is 1. The minimum absolute atomic E-state index is 0.0456. The Kier molecular flexibility index (Phi) is 4.39. The van der Waals surface area contributed by atoms with Gasteiger partial charge >= 0.3 is 6.36 Å². The van der Waals surface area contributed by atoms with Gasteiger partial charge in [0.25, 0.3) is 0 Å². The predicted octanol–water partition coefficient (Wildman–Crippen LogP) is 2.78. The topological polar surface area (TPSA) is 100 Å². The van der Waals surface area contributed by atoms with Gasteiger partial charge in [-0.1, -0.05) is 0 Å². The van der Waals surface area contributed by atoms with Crippen molar-refractivity contribution in [3.05, 3.63) is 23.9 Å². The Morgan fingerprint density at radius 3 is 2.50 bits per heavy atom. The molecule has 1 saturated carbocycles. The van der Waals surface area contributed by atoms with E-state index in [4.69, 9.17) is 0 Å². The highest BCUT2D eigenvalue weighted by molar-refractivity contribution is 5.69. The molecule has 1 aliphatic carbocycles. The first-order valence-corrected chi connectivity index (χ1v) is 7.82. The largest absolute Gasteiger partial charge is 0.573 e. The first kappa shape index (κ1) is 18.2. The van der Waals surface area contributed by atoms with Crippen LogP contribution in [-0.4, -0.2) is 43.4 Å². The lowest BCUT2D eigenvalue weighted by molar-refractivity contribution is -0.274. The fourth-order valence-electron chi connectivity index (χ4n) is 2.91. The summed E-state index contributed by atoms with van der Waals surface area (Å²) in [5, 5.41) is 30.7. The van der Waals surface area contributed by atoms with Crippen molar-refractivity contribution in [1.82, 2.24) is 15.2 Å². The summed E-state index contributed by atoms with van der Waals surface area (Å²) in [6.45, 7) is 3.39. The van der Waals surface area contributed by atoms with Crippen LogP contribution in [-0.2, 0) is 0 Å². The van der Waals surface area contributed by atoms with Gasteiger partial charge in [0.1, 0.15) is 17.2 Å². The third-order valence-corrected chi connectivity index (χ3v) is 4.02. The molecule has 140 valence electrons. The van der Waals surface area contributed by atoms with E-state index in [1.165, 1.54) is 6.07 Å². The molecule has 0 radical (unpaired) electrons. The number of anilines is 1. The Bertz CT molecular complexity index is 819. The number of nitrogens with one attached hydrogen (secondary N) is 1. The number of halogens is 3. The average Bonchev–Trinajstić information content (AvgIpc) is 2.45. The molecule has 3 rings (SSSR count). The Morgan fingerprint density at radius 1 is 1.27 bits per heavy atom. The van der Waals surface area contributed by atoms with Crippen LogP contribution in [0.15, 0.2) is 18.2 Å². The lowest BCUT2D eigenvalue weighted by atomic mass is 9.77. The summed E-state index contributed by atoms with van der Waals surface area (Å²) in [7, 11) is 0. The van der Waals surface area contributed by atoms with E-state index in [9.17, 15) is 23.4 Å². The molecule has 3 N–H and O–H groups in total. The van der Waals surface area contributed by atoms with Crippen LogP contribution in [0, 0.1) is 6.92 Å². The van der Waals surface area contributed by atoms with E-state index in [2.05, 4.69) is 25.2 Å². The van der Waals surface area contributed by atoms with Crippen molar-refractivity contribution in [2.45, 2.75) is 44.7 Å². The summed E-state index contributed by atoms with van der Waals surface area (Å²) in [4.78, 5) is 4.25. The van der Waals surface area contributed by atoms with Gasteiger partial charge in [0, 0.05) is 17.7 Å². The molecule has 0 spiro atoms. The minimum Gasteiger partial charge on any atom is -0.507 e. The van der Waals surface area contributed by atoms with Gasteiger partial charge < -0.3 is 20.3 Å². The SMILES string of the molecule is Cc1nc(NC2CC(C)(O)C2)nnc1-c1ccc(OC(F)(F)F)cc1O. The lowest BCUT2D eigenvalue weighted by Gasteiger charge is -2.41. The Hall–Kier alpha value is -2.62. The molecule has 0 saturated heterocycles. The standard InChI is InChI=1S/C16H17F3N4O3/c1-8-13(11-4-3-10(5-12(11)24)26-16(17,18)19)22-23-14(20-8)21-9-6-15(2,25)7-9/h3-5,9,24-25H,6-7H2,1-2H3,(H,20,21,23). The molecule has 0 atom stereocenters. The second-order valence-corrected chi connectivity index (χ2v) is 6.54.